The lowest BCUT2D eigenvalue weighted by atomic mass is 10.0. The largest absolute Gasteiger partial charge is 0.493 e. The number of aromatic nitrogens is 3. The Bertz CT molecular complexity index is 1360. The molecule has 3 aromatic carbocycles. The number of amides is 1. The summed E-state index contributed by atoms with van der Waals surface area (Å²) in [5.41, 5.74) is 3.15. The quantitative estimate of drug-likeness (QED) is 0.307. The second-order valence-corrected chi connectivity index (χ2v) is 8.87. The van der Waals surface area contributed by atoms with Crippen LogP contribution in [0.1, 0.15) is 30.9 Å². The number of hydrogen-bond acceptors (Lipinski definition) is 4. The maximum absolute atomic E-state index is 13.1. The molecule has 0 saturated heterocycles. The highest BCUT2D eigenvalue weighted by Crippen LogP contribution is 2.29. The van der Waals surface area contributed by atoms with Crippen molar-refractivity contribution >= 4 is 28.9 Å². The monoisotopic (exact) mass is 474 g/mol. The normalized spacial score (nSPS) is 11.0. The van der Waals surface area contributed by atoms with E-state index in [1.807, 2.05) is 54.9 Å². The molecule has 4 rings (SSSR count). The van der Waals surface area contributed by atoms with Gasteiger partial charge < -0.3 is 9.64 Å². The molecule has 0 atom stereocenters. The predicted molar refractivity (Wildman–Crippen MR) is 138 cm³/mol. The van der Waals surface area contributed by atoms with E-state index >= 15 is 0 Å². The van der Waals surface area contributed by atoms with E-state index in [9.17, 15) is 4.79 Å². The molecule has 0 radical (unpaired) electrons. The van der Waals surface area contributed by atoms with Crippen LogP contribution in [-0.2, 0) is 17.9 Å². The van der Waals surface area contributed by atoms with Gasteiger partial charge in [-0.3, -0.25) is 14.5 Å². The van der Waals surface area contributed by atoms with Crippen LogP contribution in [0.3, 0.4) is 0 Å². The molecule has 0 aliphatic heterocycles. The van der Waals surface area contributed by atoms with Crippen LogP contribution in [0.4, 0.5) is 0 Å². The molecule has 7 heteroatoms. The summed E-state index contributed by atoms with van der Waals surface area (Å²) in [5, 5.41) is 9.51. The standard InChI is InChI=1S/C27H30N4O2S/c1-4-16-33-24-13-12-20-9-5-6-11-22(20)23(24)18-30(3)25(32)14-15-31-26(28-29-27(31)34)21-10-7-8-19(2)17-21/h5-13,17H,4,14-16,18H2,1-3H3,(H,29,34). The summed E-state index contributed by atoms with van der Waals surface area (Å²) in [4.78, 5) is 14.9. The van der Waals surface area contributed by atoms with E-state index < -0.39 is 0 Å². The van der Waals surface area contributed by atoms with E-state index in [-0.39, 0.29) is 5.91 Å². The van der Waals surface area contributed by atoms with Crippen LogP contribution in [0, 0.1) is 11.7 Å². The van der Waals surface area contributed by atoms with Gasteiger partial charge in [-0.05, 0) is 48.5 Å². The smallest absolute Gasteiger partial charge is 0.224 e. The zero-order valence-corrected chi connectivity index (χ0v) is 20.7. The predicted octanol–water partition coefficient (Wildman–Crippen LogP) is 5.91. The number of aromatic amines is 1. The molecule has 1 N–H and O–H groups in total. The lowest BCUT2D eigenvalue weighted by Crippen LogP contribution is -2.27. The molecule has 4 aromatic rings. The van der Waals surface area contributed by atoms with Gasteiger partial charge in [0, 0.05) is 37.7 Å². The Morgan fingerprint density at radius 3 is 2.76 bits per heavy atom. The maximum atomic E-state index is 13.1. The summed E-state index contributed by atoms with van der Waals surface area (Å²) in [6, 6.07) is 20.4. The van der Waals surface area contributed by atoms with Crippen molar-refractivity contribution in [3.63, 3.8) is 0 Å². The van der Waals surface area contributed by atoms with Gasteiger partial charge >= 0.3 is 0 Å². The van der Waals surface area contributed by atoms with Crippen molar-refractivity contribution in [3.8, 4) is 17.1 Å². The molecule has 176 valence electrons. The molecular weight excluding hydrogens is 444 g/mol. The van der Waals surface area contributed by atoms with Crippen LogP contribution in [-0.4, -0.2) is 39.2 Å². The lowest BCUT2D eigenvalue weighted by Gasteiger charge is -2.21. The van der Waals surface area contributed by atoms with Crippen LogP contribution in [0.25, 0.3) is 22.2 Å². The third-order valence-corrected chi connectivity index (χ3v) is 6.18. The number of benzene rings is 3. The second kappa shape index (κ2) is 10.7. The molecule has 0 fully saturated rings. The number of H-pyrrole nitrogens is 1. The Labute approximate surface area is 205 Å². The van der Waals surface area contributed by atoms with E-state index in [0.29, 0.717) is 30.9 Å². The highest BCUT2D eigenvalue weighted by atomic mass is 32.1. The molecule has 0 unspecified atom stereocenters. The number of nitrogens with one attached hydrogen (secondary N) is 1. The molecule has 0 saturated carbocycles. The van der Waals surface area contributed by atoms with E-state index in [1.54, 1.807) is 4.90 Å². The summed E-state index contributed by atoms with van der Waals surface area (Å²) < 4.78 is 8.42. The molecule has 0 spiro atoms. The summed E-state index contributed by atoms with van der Waals surface area (Å²) in [6.45, 7) is 5.70. The molecule has 34 heavy (non-hydrogen) atoms. The average Bonchev–Trinajstić information content (AvgIpc) is 3.22. The Morgan fingerprint density at radius 1 is 1.15 bits per heavy atom. The van der Waals surface area contributed by atoms with Crippen molar-refractivity contribution in [3.05, 3.63) is 76.6 Å². The fraction of sp³-hybridized carbons (Fsp3) is 0.296. The van der Waals surface area contributed by atoms with Crippen molar-refractivity contribution in [2.45, 2.75) is 39.8 Å². The van der Waals surface area contributed by atoms with Gasteiger partial charge in [0.15, 0.2) is 10.6 Å². The van der Waals surface area contributed by atoms with Crippen molar-refractivity contribution in [2.75, 3.05) is 13.7 Å². The fourth-order valence-electron chi connectivity index (χ4n) is 4.08. The first-order valence-electron chi connectivity index (χ1n) is 11.6. The number of carbonyl (C=O) groups is 1. The molecule has 1 heterocycles. The third kappa shape index (κ3) is 5.20. The van der Waals surface area contributed by atoms with E-state index in [0.717, 1.165) is 45.5 Å². The van der Waals surface area contributed by atoms with Crippen LogP contribution >= 0.6 is 12.2 Å². The van der Waals surface area contributed by atoms with Gasteiger partial charge in [-0.2, -0.15) is 5.10 Å². The highest BCUT2D eigenvalue weighted by Gasteiger charge is 2.17. The van der Waals surface area contributed by atoms with Gasteiger partial charge in [0.2, 0.25) is 5.91 Å². The number of hydrogen-bond donors (Lipinski definition) is 1. The number of carbonyl (C=O) groups excluding carboxylic acids is 1. The topological polar surface area (TPSA) is 63.1 Å². The molecule has 0 aliphatic carbocycles. The van der Waals surface area contributed by atoms with Gasteiger partial charge in [-0.25, -0.2) is 0 Å². The number of aryl methyl sites for hydroxylation is 1. The van der Waals surface area contributed by atoms with Crippen LogP contribution < -0.4 is 4.74 Å². The molecule has 1 amide bonds. The first-order valence-corrected chi connectivity index (χ1v) is 12.0. The molecular formula is C27H30N4O2S. The minimum atomic E-state index is 0.0349. The van der Waals surface area contributed by atoms with Crippen molar-refractivity contribution in [1.29, 1.82) is 0 Å². The average molecular weight is 475 g/mol. The van der Waals surface area contributed by atoms with Gasteiger partial charge in [-0.1, -0.05) is 61.0 Å². The Balaban J connectivity index is 1.52. The van der Waals surface area contributed by atoms with Gasteiger partial charge in [-0.15, -0.1) is 0 Å². The number of fused-ring (bicyclic) bond motifs is 1. The number of rotatable bonds is 9. The van der Waals surface area contributed by atoms with Crippen LogP contribution in [0.15, 0.2) is 60.7 Å². The highest BCUT2D eigenvalue weighted by molar-refractivity contribution is 7.71. The zero-order chi connectivity index (χ0) is 24.1. The van der Waals surface area contributed by atoms with Crippen LogP contribution in [0.2, 0.25) is 0 Å². The molecule has 6 nitrogen and oxygen atoms in total. The first kappa shape index (κ1) is 23.7. The number of nitrogens with zero attached hydrogens (tertiary/aromatic N) is 3. The Morgan fingerprint density at radius 2 is 1.97 bits per heavy atom. The van der Waals surface area contributed by atoms with Crippen molar-refractivity contribution in [1.82, 2.24) is 19.7 Å². The van der Waals surface area contributed by atoms with Crippen molar-refractivity contribution < 1.29 is 9.53 Å². The summed E-state index contributed by atoms with van der Waals surface area (Å²) in [5.74, 6) is 1.61. The van der Waals surface area contributed by atoms with E-state index in [2.05, 4.69) is 41.4 Å². The Hall–Kier alpha value is -3.45. The van der Waals surface area contributed by atoms with Gasteiger partial charge in [0.1, 0.15) is 5.75 Å². The lowest BCUT2D eigenvalue weighted by molar-refractivity contribution is -0.130. The summed E-state index contributed by atoms with van der Waals surface area (Å²) >= 11 is 5.44. The van der Waals surface area contributed by atoms with Gasteiger partial charge in [0.25, 0.3) is 0 Å². The van der Waals surface area contributed by atoms with E-state index in [1.165, 1.54) is 0 Å². The summed E-state index contributed by atoms with van der Waals surface area (Å²) in [7, 11) is 1.84. The van der Waals surface area contributed by atoms with Crippen molar-refractivity contribution in [2.24, 2.45) is 0 Å². The molecule has 1 aromatic heterocycles. The number of ether oxygens (including phenoxy) is 1. The minimum Gasteiger partial charge on any atom is -0.493 e. The molecule has 0 aliphatic rings. The first-order chi connectivity index (χ1) is 16.5. The third-order valence-electron chi connectivity index (χ3n) is 5.86. The van der Waals surface area contributed by atoms with Crippen LogP contribution in [0.5, 0.6) is 5.75 Å². The maximum Gasteiger partial charge on any atom is 0.224 e. The second-order valence-electron chi connectivity index (χ2n) is 8.49. The summed E-state index contributed by atoms with van der Waals surface area (Å²) in [6.07, 6.45) is 1.24. The zero-order valence-electron chi connectivity index (χ0n) is 19.9. The SMILES string of the molecule is CCCOc1ccc2ccccc2c1CN(C)C(=O)CCn1c(-c2cccc(C)c2)n[nH]c1=S. The minimum absolute atomic E-state index is 0.0349. The molecule has 0 bridgehead atoms. The van der Waals surface area contributed by atoms with Gasteiger partial charge in [0.05, 0.1) is 6.61 Å². The van der Waals surface area contributed by atoms with E-state index in [4.69, 9.17) is 17.0 Å². The fourth-order valence-corrected chi connectivity index (χ4v) is 4.30. The Kier molecular flexibility index (Phi) is 7.43.